The number of nitrogen functional groups attached to an aromatic ring is 1. The van der Waals surface area contributed by atoms with Gasteiger partial charge in [0.15, 0.2) is 17.5 Å². The van der Waals surface area contributed by atoms with Gasteiger partial charge in [-0.15, -0.1) is 0 Å². The molecule has 7 heteroatoms. The van der Waals surface area contributed by atoms with Crippen LogP contribution in [0.1, 0.15) is 17.2 Å². The van der Waals surface area contributed by atoms with Gasteiger partial charge in [0.05, 0.1) is 21.3 Å². The average molecular weight is 343 g/mol. The van der Waals surface area contributed by atoms with Crippen LogP contribution in [-0.4, -0.2) is 33.1 Å². The van der Waals surface area contributed by atoms with E-state index in [1.54, 1.807) is 49.6 Å². The maximum atomic E-state index is 12.2. The first kappa shape index (κ1) is 18.1. The lowest BCUT2D eigenvalue weighted by Gasteiger charge is -2.19. The number of hydrogen-bond acceptors (Lipinski definition) is 6. The van der Waals surface area contributed by atoms with E-state index in [0.29, 0.717) is 28.3 Å². The van der Waals surface area contributed by atoms with Crippen LogP contribution in [0.5, 0.6) is 11.5 Å². The van der Waals surface area contributed by atoms with Crippen molar-refractivity contribution >= 4 is 17.5 Å². The molecule has 0 aliphatic carbocycles. The van der Waals surface area contributed by atoms with Gasteiger partial charge < -0.3 is 25.3 Å². The van der Waals surface area contributed by atoms with Gasteiger partial charge >= 0.3 is 5.97 Å². The smallest absolute Gasteiger partial charge is 0.332 e. The summed E-state index contributed by atoms with van der Waals surface area (Å²) in [5, 5.41) is 10.5. The monoisotopic (exact) mass is 343 g/mol. The fourth-order valence-corrected chi connectivity index (χ4v) is 2.34. The molecule has 132 valence electrons. The Balaban J connectivity index is 2.33. The van der Waals surface area contributed by atoms with E-state index in [9.17, 15) is 4.79 Å². The van der Waals surface area contributed by atoms with E-state index in [1.165, 1.54) is 14.2 Å². The summed E-state index contributed by atoms with van der Waals surface area (Å²) in [5.74, 6) is 0.627. The van der Waals surface area contributed by atoms with Gasteiger partial charge in [0, 0.05) is 11.3 Å². The molecule has 0 radical (unpaired) electrons. The zero-order valence-corrected chi connectivity index (χ0v) is 14.3. The zero-order chi connectivity index (χ0) is 18.4. The van der Waals surface area contributed by atoms with Gasteiger partial charge in [-0.3, -0.25) is 5.41 Å². The molecule has 0 aromatic heterocycles. The molecule has 2 aromatic rings. The summed E-state index contributed by atoms with van der Waals surface area (Å²) in [5.41, 5.74) is 7.41. The third-order valence-corrected chi connectivity index (χ3v) is 3.68. The number of nitrogens with one attached hydrogen (secondary N) is 2. The molecule has 1 atom stereocenters. The molecular weight excluding hydrogens is 322 g/mol. The number of carbonyl (C=O) groups is 1. The van der Waals surface area contributed by atoms with Crippen LogP contribution in [0, 0.1) is 5.41 Å². The Morgan fingerprint density at radius 3 is 2.20 bits per heavy atom. The summed E-state index contributed by atoms with van der Waals surface area (Å²) in [6.07, 6.45) is 0. The minimum Gasteiger partial charge on any atom is -0.493 e. The Kier molecular flexibility index (Phi) is 5.84. The van der Waals surface area contributed by atoms with Gasteiger partial charge in [-0.2, -0.15) is 0 Å². The van der Waals surface area contributed by atoms with E-state index in [2.05, 4.69) is 5.32 Å². The predicted octanol–water partition coefficient (Wildman–Crippen LogP) is 2.31. The van der Waals surface area contributed by atoms with Crippen molar-refractivity contribution in [3.8, 4) is 11.5 Å². The molecule has 2 rings (SSSR count). The van der Waals surface area contributed by atoms with Crippen LogP contribution in [-0.2, 0) is 9.53 Å². The Morgan fingerprint density at radius 1 is 1.04 bits per heavy atom. The summed E-state index contributed by atoms with van der Waals surface area (Å²) < 4.78 is 15.4. The number of rotatable bonds is 7. The van der Waals surface area contributed by atoms with Crippen molar-refractivity contribution in [2.24, 2.45) is 5.73 Å². The van der Waals surface area contributed by atoms with Crippen LogP contribution in [0.2, 0.25) is 0 Å². The Morgan fingerprint density at radius 2 is 1.68 bits per heavy atom. The highest BCUT2D eigenvalue weighted by atomic mass is 16.5. The molecule has 25 heavy (non-hydrogen) atoms. The molecule has 2 aromatic carbocycles. The van der Waals surface area contributed by atoms with Crippen LogP contribution in [0.4, 0.5) is 5.69 Å². The summed E-state index contributed by atoms with van der Waals surface area (Å²) in [7, 11) is 4.41. The van der Waals surface area contributed by atoms with Gasteiger partial charge in [0.1, 0.15) is 5.84 Å². The van der Waals surface area contributed by atoms with Gasteiger partial charge in [0.2, 0.25) is 0 Å². The van der Waals surface area contributed by atoms with Crippen molar-refractivity contribution in [3.63, 3.8) is 0 Å². The topological polar surface area (TPSA) is 107 Å². The van der Waals surface area contributed by atoms with E-state index in [0.717, 1.165) is 0 Å². The van der Waals surface area contributed by atoms with Crippen LogP contribution < -0.4 is 20.5 Å². The second-order valence-electron chi connectivity index (χ2n) is 5.21. The second kappa shape index (κ2) is 8.05. The number of esters is 1. The van der Waals surface area contributed by atoms with Crippen molar-refractivity contribution in [1.29, 1.82) is 5.41 Å². The summed E-state index contributed by atoms with van der Waals surface area (Å²) in [6, 6.07) is 11.4. The highest BCUT2D eigenvalue weighted by Gasteiger charge is 2.23. The van der Waals surface area contributed by atoms with E-state index >= 15 is 0 Å². The molecule has 4 N–H and O–H groups in total. The fraction of sp³-hybridized carbons (Fsp3) is 0.222. The summed E-state index contributed by atoms with van der Waals surface area (Å²) in [6.45, 7) is 0. The molecule has 0 amide bonds. The molecule has 0 bridgehead atoms. The number of nitrogens with two attached hydrogens (primary N) is 1. The third-order valence-electron chi connectivity index (χ3n) is 3.68. The summed E-state index contributed by atoms with van der Waals surface area (Å²) >= 11 is 0. The Bertz CT molecular complexity index is 759. The van der Waals surface area contributed by atoms with Crippen molar-refractivity contribution in [3.05, 3.63) is 53.6 Å². The van der Waals surface area contributed by atoms with Crippen LogP contribution >= 0.6 is 0 Å². The first-order valence-electron chi connectivity index (χ1n) is 7.51. The van der Waals surface area contributed by atoms with Crippen molar-refractivity contribution < 1.29 is 19.0 Å². The number of amidine groups is 1. The quantitative estimate of drug-likeness (QED) is 0.405. The first-order valence-corrected chi connectivity index (χ1v) is 7.51. The highest BCUT2D eigenvalue weighted by Crippen LogP contribution is 2.31. The second-order valence-corrected chi connectivity index (χ2v) is 5.21. The molecule has 7 nitrogen and oxygen atoms in total. The first-order chi connectivity index (χ1) is 12.0. The van der Waals surface area contributed by atoms with Crippen LogP contribution in [0.15, 0.2) is 42.5 Å². The standard InChI is InChI=1S/C18H21N3O4/c1-23-14-9-6-12(10-15(14)24-2)16(18(22)25-3)21-13-7-4-11(5-8-13)17(19)20/h4-10,16,21H,1-3H3,(H3,19,20). The molecule has 0 aliphatic rings. The maximum Gasteiger partial charge on any atom is 0.332 e. The van der Waals surface area contributed by atoms with Crippen LogP contribution in [0.25, 0.3) is 0 Å². The lowest BCUT2D eigenvalue weighted by Crippen LogP contribution is -2.22. The lowest BCUT2D eigenvalue weighted by molar-refractivity contribution is -0.141. The van der Waals surface area contributed by atoms with E-state index in [4.69, 9.17) is 25.4 Å². The molecule has 0 fully saturated rings. The van der Waals surface area contributed by atoms with E-state index < -0.39 is 12.0 Å². The minimum atomic E-state index is -0.729. The summed E-state index contributed by atoms with van der Waals surface area (Å²) in [4.78, 5) is 12.2. The lowest BCUT2D eigenvalue weighted by atomic mass is 10.1. The van der Waals surface area contributed by atoms with Gasteiger partial charge in [-0.1, -0.05) is 6.07 Å². The minimum absolute atomic E-state index is 0.0176. The van der Waals surface area contributed by atoms with Crippen LogP contribution in [0.3, 0.4) is 0 Å². The molecule has 0 saturated heterocycles. The molecule has 0 heterocycles. The zero-order valence-electron chi connectivity index (χ0n) is 14.3. The number of carbonyl (C=O) groups excluding carboxylic acids is 1. The largest absolute Gasteiger partial charge is 0.493 e. The average Bonchev–Trinajstić information content (AvgIpc) is 2.65. The third kappa shape index (κ3) is 4.20. The number of benzene rings is 2. The molecule has 0 saturated carbocycles. The Labute approximate surface area is 146 Å². The number of hydrogen-bond donors (Lipinski definition) is 3. The molecule has 0 spiro atoms. The number of anilines is 1. The normalized spacial score (nSPS) is 11.3. The predicted molar refractivity (Wildman–Crippen MR) is 95.4 cm³/mol. The number of ether oxygens (including phenoxy) is 3. The maximum absolute atomic E-state index is 12.2. The van der Waals surface area contributed by atoms with Crippen molar-refractivity contribution in [2.45, 2.75) is 6.04 Å². The molecule has 0 aliphatic heterocycles. The molecule has 1 unspecified atom stereocenters. The van der Waals surface area contributed by atoms with Crippen molar-refractivity contribution in [1.82, 2.24) is 0 Å². The van der Waals surface area contributed by atoms with E-state index in [1.807, 2.05) is 0 Å². The van der Waals surface area contributed by atoms with Gasteiger partial charge in [0.25, 0.3) is 0 Å². The van der Waals surface area contributed by atoms with Gasteiger partial charge in [-0.25, -0.2) is 4.79 Å². The molecular formula is C18H21N3O4. The number of methoxy groups -OCH3 is 3. The van der Waals surface area contributed by atoms with Crippen molar-refractivity contribution in [2.75, 3.05) is 26.6 Å². The van der Waals surface area contributed by atoms with Gasteiger partial charge in [-0.05, 0) is 42.0 Å². The Hall–Kier alpha value is -3.22. The fourth-order valence-electron chi connectivity index (χ4n) is 2.34. The van der Waals surface area contributed by atoms with E-state index in [-0.39, 0.29) is 5.84 Å². The highest BCUT2D eigenvalue weighted by molar-refractivity contribution is 5.95. The SMILES string of the molecule is COC(=O)C(Nc1ccc(C(=N)N)cc1)c1ccc(OC)c(OC)c1.